The number of benzene rings is 1. The summed E-state index contributed by atoms with van der Waals surface area (Å²) in [6, 6.07) is 7.31. The molecule has 1 aliphatic heterocycles. The Hall–Kier alpha value is -1.44. The molecule has 1 heterocycles. The molecule has 1 atom stereocenters. The van der Waals surface area contributed by atoms with Crippen LogP contribution in [0.5, 0.6) is 0 Å². The van der Waals surface area contributed by atoms with Crippen molar-refractivity contribution in [2.75, 3.05) is 19.6 Å². The average Bonchev–Trinajstić information content (AvgIpc) is 2.50. The summed E-state index contributed by atoms with van der Waals surface area (Å²) in [6.07, 6.45) is 5.13. The van der Waals surface area contributed by atoms with Crippen molar-refractivity contribution in [3.63, 3.8) is 0 Å². The molecule has 21 heavy (non-hydrogen) atoms. The zero-order valence-corrected chi connectivity index (χ0v) is 12.7. The number of hydrogen-bond donors (Lipinski definition) is 1. The summed E-state index contributed by atoms with van der Waals surface area (Å²) >= 11 is 0. The van der Waals surface area contributed by atoms with Crippen LogP contribution in [0.1, 0.15) is 43.7 Å². The number of likely N-dealkylation sites (tertiary alicyclic amines) is 1. The van der Waals surface area contributed by atoms with Crippen LogP contribution in [-0.4, -0.2) is 30.6 Å². The molecule has 0 spiro atoms. The summed E-state index contributed by atoms with van der Waals surface area (Å²) in [7, 11) is 0. The van der Waals surface area contributed by atoms with Crippen molar-refractivity contribution in [3.8, 4) is 6.07 Å². The van der Waals surface area contributed by atoms with E-state index >= 15 is 0 Å². The fourth-order valence-electron chi connectivity index (χ4n) is 2.90. The summed E-state index contributed by atoms with van der Waals surface area (Å²) in [5.41, 5.74) is 1.08. The molecule has 1 aromatic carbocycles. The molecule has 1 aliphatic rings. The van der Waals surface area contributed by atoms with Gasteiger partial charge in [0.2, 0.25) is 0 Å². The van der Waals surface area contributed by atoms with Gasteiger partial charge in [-0.05, 0) is 63.5 Å². The van der Waals surface area contributed by atoms with Crippen LogP contribution in [0.4, 0.5) is 4.39 Å². The predicted octanol–water partition coefficient (Wildman–Crippen LogP) is 3.05. The highest BCUT2D eigenvalue weighted by atomic mass is 19.1. The zero-order valence-electron chi connectivity index (χ0n) is 12.7. The number of halogens is 1. The first-order valence-corrected chi connectivity index (χ1v) is 7.84. The van der Waals surface area contributed by atoms with Crippen molar-refractivity contribution >= 4 is 0 Å². The van der Waals surface area contributed by atoms with E-state index in [1.54, 1.807) is 12.1 Å². The second-order valence-corrected chi connectivity index (χ2v) is 5.84. The molecule has 4 heteroatoms. The number of piperidine rings is 1. The Bertz CT molecular complexity index is 495. The van der Waals surface area contributed by atoms with Crippen LogP contribution in [0.2, 0.25) is 0 Å². The van der Waals surface area contributed by atoms with Gasteiger partial charge in [-0.1, -0.05) is 12.5 Å². The summed E-state index contributed by atoms with van der Waals surface area (Å²) in [4.78, 5) is 2.57. The highest BCUT2D eigenvalue weighted by Crippen LogP contribution is 2.16. The third-order valence-electron chi connectivity index (χ3n) is 4.22. The molecular formula is C17H24FN3. The monoisotopic (exact) mass is 289 g/mol. The molecule has 1 fully saturated rings. The molecule has 1 saturated heterocycles. The van der Waals surface area contributed by atoms with Crippen LogP contribution < -0.4 is 5.32 Å². The number of rotatable bonds is 6. The van der Waals surface area contributed by atoms with E-state index in [0.29, 0.717) is 12.6 Å². The lowest BCUT2D eigenvalue weighted by molar-refractivity contribution is 0.159. The maximum Gasteiger partial charge on any atom is 0.140 e. The van der Waals surface area contributed by atoms with Gasteiger partial charge in [-0.3, -0.25) is 0 Å². The molecule has 3 nitrogen and oxygen atoms in total. The summed E-state index contributed by atoms with van der Waals surface area (Å²) in [5, 5.41) is 12.2. The molecule has 0 saturated carbocycles. The highest BCUT2D eigenvalue weighted by molar-refractivity contribution is 5.34. The van der Waals surface area contributed by atoms with Gasteiger partial charge in [-0.25, -0.2) is 4.39 Å². The minimum Gasteiger partial charge on any atom is -0.313 e. The Morgan fingerprint density at radius 1 is 1.43 bits per heavy atom. The van der Waals surface area contributed by atoms with Gasteiger partial charge in [-0.15, -0.1) is 0 Å². The molecule has 114 valence electrons. The molecule has 0 amide bonds. The topological polar surface area (TPSA) is 39.1 Å². The Balaban J connectivity index is 1.67. The Morgan fingerprint density at radius 3 is 3.05 bits per heavy atom. The molecule has 0 aromatic heterocycles. The molecule has 0 aliphatic carbocycles. The Labute approximate surface area is 126 Å². The van der Waals surface area contributed by atoms with E-state index in [-0.39, 0.29) is 5.56 Å². The van der Waals surface area contributed by atoms with Crippen molar-refractivity contribution in [3.05, 3.63) is 35.1 Å². The lowest BCUT2D eigenvalue weighted by Gasteiger charge is -2.33. The summed E-state index contributed by atoms with van der Waals surface area (Å²) in [6.45, 7) is 6.31. The van der Waals surface area contributed by atoms with Crippen LogP contribution in [0.3, 0.4) is 0 Å². The normalized spacial score (nSPS) is 19.4. The van der Waals surface area contributed by atoms with Gasteiger partial charge in [0.05, 0.1) is 5.56 Å². The van der Waals surface area contributed by atoms with E-state index in [2.05, 4.69) is 17.1 Å². The third-order valence-corrected chi connectivity index (χ3v) is 4.22. The van der Waals surface area contributed by atoms with Gasteiger partial charge in [-0.2, -0.15) is 5.26 Å². The first-order valence-electron chi connectivity index (χ1n) is 7.84. The fourth-order valence-corrected chi connectivity index (χ4v) is 2.90. The minimum absolute atomic E-state index is 0.122. The number of nitrogens with zero attached hydrogens (tertiary/aromatic N) is 2. The van der Waals surface area contributed by atoms with Crippen molar-refractivity contribution in [2.24, 2.45) is 0 Å². The lowest BCUT2D eigenvalue weighted by atomic mass is 10.0. The fraction of sp³-hybridized carbons (Fsp3) is 0.588. The smallest absolute Gasteiger partial charge is 0.140 e. The van der Waals surface area contributed by atoms with Crippen molar-refractivity contribution in [1.29, 1.82) is 5.26 Å². The third kappa shape index (κ3) is 4.80. The van der Waals surface area contributed by atoms with Crippen molar-refractivity contribution < 1.29 is 4.39 Å². The SMILES string of the molecule is CC1CCCCN1CCCNCc1ccc(F)c(C#N)c1. The van der Waals surface area contributed by atoms with E-state index in [1.165, 1.54) is 31.9 Å². The molecule has 0 bridgehead atoms. The second kappa shape index (κ2) is 8.11. The van der Waals surface area contributed by atoms with Crippen LogP contribution in [-0.2, 0) is 6.54 Å². The van der Waals surface area contributed by atoms with E-state index in [0.717, 1.165) is 25.1 Å². The summed E-state index contributed by atoms with van der Waals surface area (Å²) < 4.78 is 13.2. The van der Waals surface area contributed by atoms with Gasteiger partial charge in [0, 0.05) is 12.6 Å². The van der Waals surface area contributed by atoms with Gasteiger partial charge >= 0.3 is 0 Å². The number of hydrogen-bond acceptors (Lipinski definition) is 3. The molecule has 0 radical (unpaired) electrons. The molecule has 1 unspecified atom stereocenters. The van der Waals surface area contributed by atoms with Gasteiger partial charge in [0.15, 0.2) is 0 Å². The quantitative estimate of drug-likeness (QED) is 0.818. The van der Waals surface area contributed by atoms with E-state index in [4.69, 9.17) is 5.26 Å². The zero-order chi connectivity index (χ0) is 15.1. The maximum absolute atomic E-state index is 13.2. The first-order chi connectivity index (χ1) is 10.2. The Kier molecular flexibility index (Phi) is 6.16. The van der Waals surface area contributed by atoms with E-state index < -0.39 is 5.82 Å². The maximum atomic E-state index is 13.2. The first kappa shape index (κ1) is 15.9. The van der Waals surface area contributed by atoms with Crippen molar-refractivity contribution in [2.45, 2.75) is 45.2 Å². The number of nitriles is 1. The van der Waals surface area contributed by atoms with Crippen LogP contribution >= 0.6 is 0 Å². The second-order valence-electron chi connectivity index (χ2n) is 5.84. The molecule has 1 aromatic rings. The van der Waals surface area contributed by atoms with Crippen LogP contribution in [0.15, 0.2) is 18.2 Å². The number of nitrogens with one attached hydrogen (secondary N) is 1. The molecule has 2 rings (SSSR count). The van der Waals surface area contributed by atoms with Crippen LogP contribution in [0, 0.1) is 17.1 Å². The van der Waals surface area contributed by atoms with Gasteiger partial charge in [0.1, 0.15) is 11.9 Å². The summed E-state index contributed by atoms with van der Waals surface area (Å²) in [5.74, 6) is -0.444. The highest BCUT2D eigenvalue weighted by Gasteiger charge is 2.16. The average molecular weight is 289 g/mol. The van der Waals surface area contributed by atoms with Crippen LogP contribution in [0.25, 0.3) is 0 Å². The van der Waals surface area contributed by atoms with E-state index in [9.17, 15) is 4.39 Å². The Morgan fingerprint density at radius 2 is 2.29 bits per heavy atom. The predicted molar refractivity (Wildman–Crippen MR) is 82.3 cm³/mol. The van der Waals surface area contributed by atoms with Gasteiger partial charge < -0.3 is 10.2 Å². The largest absolute Gasteiger partial charge is 0.313 e. The standard InChI is InChI=1S/C17H24FN3/c1-14-5-2-3-9-21(14)10-4-8-20-13-15-6-7-17(18)16(11-15)12-19/h6-7,11,14,20H,2-5,8-10,13H2,1H3. The minimum atomic E-state index is -0.444. The van der Waals surface area contributed by atoms with Crippen molar-refractivity contribution in [1.82, 2.24) is 10.2 Å². The molecular weight excluding hydrogens is 265 g/mol. The van der Waals surface area contributed by atoms with Gasteiger partial charge in [0.25, 0.3) is 0 Å². The van der Waals surface area contributed by atoms with E-state index in [1.807, 2.05) is 6.07 Å². The molecule has 1 N–H and O–H groups in total. The lowest BCUT2D eigenvalue weighted by Crippen LogP contribution is -2.38.